The van der Waals surface area contributed by atoms with Crippen LogP contribution in [0.1, 0.15) is 11.4 Å². The van der Waals surface area contributed by atoms with Crippen molar-refractivity contribution in [3.05, 3.63) is 48.0 Å². The summed E-state index contributed by atoms with van der Waals surface area (Å²) >= 11 is 0. The van der Waals surface area contributed by atoms with Crippen LogP contribution >= 0.6 is 0 Å². The summed E-state index contributed by atoms with van der Waals surface area (Å²) in [5, 5.41) is 8.75. The molecule has 2 rings (SSSR count). The minimum Gasteiger partial charge on any atom is -0.481 e. The Morgan fingerprint density at radius 3 is 2.69 bits per heavy atom. The van der Waals surface area contributed by atoms with E-state index in [1.165, 1.54) is 5.56 Å². The molecule has 1 aromatic carbocycles. The summed E-state index contributed by atoms with van der Waals surface area (Å²) < 4.78 is 1.79. The van der Waals surface area contributed by atoms with Gasteiger partial charge in [0.1, 0.15) is 12.2 Å². The highest BCUT2D eigenvalue weighted by atomic mass is 16.4. The summed E-state index contributed by atoms with van der Waals surface area (Å²) in [6.07, 6.45) is 3.31. The van der Waals surface area contributed by atoms with Crippen LogP contribution in [-0.4, -0.2) is 20.6 Å². The van der Waals surface area contributed by atoms with Gasteiger partial charge in [0.15, 0.2) is 0 Å². The summed E-state index contributed by atoms with van der Waals surface area (Å²) in [6.45, 7) is 2.01. The number of carbonyl (C=O) groups is 1. The van der Waals surface area contributed by atoms with E-state index in [-0.39, 0.29) is 6.42 Å². The zero-order chi connectivity index (χ0) is 11.5. The number of carboxylic acid groups (broad SMARTS) is 1. The van der Waals surface area contributed by atoms with E-state index in [2.05, 4.69) is 4.98 Å². The van der Waals surface area contributed by atoms with Gasteiger partial charge in [0.25, 0.3) is 0 Å². The Morgan fingerprint density at radius 1 is 1.38 bits per heavy atom. The third kappa shape index (κ3) is 2.11. The minimum atomic E-state index is -0.875. The fourth-order valence-electron chi connectivity index (χ4n) is 1.54. The highest BCUT2D eigenvalue weighted by molar-refractivity contribution is 5.69. The monoisotopic (exact) mass is 216 g/mol. The van der Waals surface area contributed by atoms with Crippen molar-refractivity contribution in [2.24, 2.45) is 0 Å². The molecular formula is C12H12N2O2. The lowest BCUT2D eigenvalue weighted by Crippen LogP contribution is -2.07. The van der Waals surface area contributed by atoms with Crippen molar-refractivity contribution in [2.45, 2.75) is 13.3 Å². The number of imidazole rings is 1. The van der Waals surface area contributed by atoms with E-state index in [0.717, 1.165) is 5.69 Å². The van der Waals surface area contributed by atoms with Gasteiger partial charge in [-0.1, -0.05) is 17.7 Å². The van der Waals surface area contributed by atoms with Gasteiger partial charge in [-0.3, -0.25) is 4.79 Å². The molecule has 0 amide bonds. The van der Waals surface area contributed by atoms with E-state index in [1.54, 1.807) is 17.0 Å². The van der Waals surface area contributed by atoms with E-state index < -0.39 is 5.97 Å². The Hall–Kier alpha value is -2.10. The van der Waals surface area contributed by atoms with Gasteiger partial charge in [-0.15, -0.1) is 0 Å². The molecule has 4 nitrogen and oxygen atoms in total. The van der Waals surface area contributed by atoms with E-state index in [4.69, 9.17) is 5.11 Å². The largest absolute Gasteiger partial charge is 0.481 e. The van der Waals surface area contributed by atoms with Gasteiger partial charge < -0.3 is 9.67 Å². The normalized spacial score (nSPS) is 10.3. The molecule has 0 spiro atoms. The predicted octanol–water partition coefficient (Wildman–Crippen LogP) is 1.81. The number of rotatable bonds is 3. The minimum absolute atomic E-state index is 0.0686. The van der Waals surface area contributed by atoms with Crippen molar-refractivity contribution in [1.82, 2.24) is 9.55 Å². The zero-order valence-electron chi connectivity index (χ0n) is 8.92. The molecule has 0 aliphatic rings. The van der Waals surface area contributed by atoms with Crippen LogP contribution in [0.2, 0.25) is 0 Å². The first kappa shape index (κ1) is 10.4. The van der Waals surface area contributed by atoms with Crippen LogP contribution in [0.15, 0.2) is 36.7 Å². The lowest BCUT2D eigenvalue weighted by Gasteiger charge is -2.06. The molecule has 0 bridgehead atoms. The molecule has 82 valence electrons. The summed E-state index contributed by atoms with van der Waals surface area (Å²) in [4.78, 5) is 14.7. The van der Waals surface area contributed by atoms with Gasteiger partial charge in [-0.25, -0.2) is 4.98 Å². The van der Waals surface area contributed by atoms with Crippen LogP contribution in [0.25, 0.3) is 5.69 Å². The molecule has 0 aliphatic heterocycles. The second-order valence-electron chi connectivity index (χ2n) is 3.62. The number of carboxylic acids is 1. The highest BCUT2D eigenvalue weighted by Gasteiger charge is 2.08. The summed E-state index contributed by atoms with van der Waals surface area (Å²) in [5.74, 6) is -0.337. The van der Waals surface area contributed by atoms with Crippen molar-refractivity contribution in [2.75, 3.05) is 0 Å². The van der Waals surface area contributed by atoms with Gasteiger partial charge >= 0.3 is 5.97 Å². The van der Waals surface area contributed by atoms with E-state index in [1.807, 2.05) is 31.2 Å². The molecule has 0 saturated carbocycles. The first-order chi connectivity index (χ1) is 7.66. The Labute approximate surface area is 93.2 Å². The highest BCUT2D eigenvalue weighted by Crippen LogP contribution is 2.12. The van der Waals surface area contributed by atoms with Gasteiger partial charge in [-0.2, -0.15) is 0 Å². The third-order valence-electron chi connectivity index (χ3n) is 2.34. The van der Waals surface area contributed by atoms with Gasteiger partial charge in [0.05, 0.1) is 0 Å². The van der Waals surface area contributed by atoms with Crippen LogP contribution < -0.4 is 0 Å². The topological polar surface area (TPSA) is 55.1 Å². The number of hydrogen-bond acceptors (Lipinski definition) is 2. The molecule has 0 atom stereocenters. The summed E-state index contributed by atoms with van der Waals surface area (Å²) in [5.41, 5.74) is 2.10. The number of aromatic nitrogens is 2. The first-order valence-electron chi connectivity index (χ1n) is 4.98. The second-order valence-corrected chi connectivity index (χ2v) is 3.62. The Morgan fingerprint density at radius 2 is 2.06 bits per heavy atom. The second kappa shape index (κ2) is 4.18. The Kier molecular flexibility index (Phi) is 2.72. The number of hydrogen-bond donors (Lipinski definition) is 1. The quantitative estimate of drug-likeness (QED) is 0.851. The molecule has 0 radical (unpaired) electrons. The van der Waals surface area contributed by atoms with Crippen LogP contribution in [0.4, 0.5) is 0 Å². The number of benzene rings is 1. The first-order valence-corrected chi connectivity index (χ1v) is 4.98. The maximum Gasteiger partial charge on any atom is 0.311 e. The molecule has 1 heterocycles. The number of aryl methyl sites for hydroxylation is 1. The van der Waals surface area contributed by atoms with Gasteiger partial charge in [0.2, 0.25) is 0 Å². The molecule has 1 N–H and O–H groups in total. The van der Waals surface area contributed by atoms with Crippen LogP contribution in [-0.2, 0) is 11.2 Å². The smallest absolute Gasteiger partial charge is 0.311 e. The molecule has 0 fully saturated rings. The molecule has 0 aliphatic carbocycles. The standard InChI is InChI=1S/C12H12N2O2/c1-9-2-4-10(5-3-9)14-7-6-13-11(14)8-12(15)16/h2-7H,8H2,1H3,(H,15,16). The van der Waals surface area contributed by atoms with E-state index in [0.29, 0.717) is 5.82 Å². The van der Waals surface area contributed by atoms with Crippen molar-refractivity contribution in [1.29, 1.82) is 0 Å². The average Bonchev–Trinajstić information content (AvgIpc) is 2.66. The van der Waals surface area contributed by atoms with Gasteiger partial charge in [-0.05, 0) is 19.1 Å². The van der Waals surface area contributed by atoms with Gasteiger partial charge in [0, 0.05) is 18.1 Å². The molecule has 4 heteroatoms. The lowest BCUT2D eigenvalue weighted by molar-refractivity contribution is -0.136. The molecule has 2 aromatic rings. The van der Waals surface area contributed by atoms with Crippen molar-refractivity contribution < 1.29 is 9.90 Å². The van der Waals surface area contributed by atoms with E-state index in [9.17, 15) is 4.79 Å². The maximum atomic E-state index is 10.7. The van der Waals surface area contributed by atoms with Crippen molar-refractivity contribution in [3.63, 3.8) is 0 Å². The number of aliphatic carboxylic acids is 1. The van der Waals surface area contributed by atoms with E-state index >= 15 is 0 Å². The summed E-state index contributed by atoms with van der Waals surface area (Å²) in [7, 11) is 0. The average molecular weight is 216 g/mol. The SMILES string of the molecule is Cc1ccc(-n2ccnc2CC(=O)O)cc1. The number of nitrogens with zero attached hydrogens (tertiary/aromatic N) is 2. The summed E-state index contributed by atoms with van der Waals surface area (Å²) in [6, 6.07) is 7.87. The Bertz CT molecular complexity index is 500. The maximum absolute atomic E-state index is 10.7. The van der Waals surface area contributed by atoms with Crippen molar-refractivity contribution in [3.8, 4) is 5.69 Å². The predicted molar refractivity (Wildman–Crippen MR) is 59.6 cm³/mol. The lowest BCUT2D eigenvalue weighted by atomic mass is 10.2. The molecule has 16 heavy (non-hydrogen) atoms. The fraction of sp³-hybridized carbons (Fsp3) is 0.167. The van der Waals surface area contributed by atoms with Crippen LogP contribution in [0.3, 0.4) is 0 Å². The van der Waals surface area contributed by atoms with Crippen LogP contribution in [0, 0.1) is 6.92 Å². The van der Waals surface area contributed by atoms with Crippen LogP contribution in [0.5, 0.6) is 0 Å². The molecule has 0 saturated heterocycles. The molecular weight excluding hydrogens is 204 g/mol. The fourth-order valence-corrected chi connectivity index (χ4v) is 1.54. The van der Waals surface area contributed by atoms with Crippen molar-refractivity contribution >= 4 is 5.97 Å². The zero-order valence-corrected chi connectivity index (χ0v) is 8.92. The third-order valence-corrected chi connectivity index (χ3v) is 2.34. The molecule has 0 unspecified atom stereocenters. The Balaban J connectivity index is 2.36. The molecule has 1 aromatic heterocycles.